The van der Waals surface area contributed by atoms with Crippen LogP contribution in [-0.2, 0) is 17.4 Å². The maximum absolute atomic E-state index is 13.0. The third kappa shape index (κ3) is 9.06. The van der Waals surface area contributed by atoms with E-state index in [9.17, 15) is 26.3 Å². The minimum Gasteiger partial charge on any atom is -0.475 e. The van der Waals surface area contributed by atoms with E-state index in [-0.39, 0.29) is 0 Å². The highest BCUT2D eigenvalue weighted by atomic mass is 35.5. The molecule has 1 aliphatic rings. The molecule has 0 spiro atoms. The number of aromatic nitrogens is 3. The highest BCUT2D eigenvalue weighted by Crippen LogP contribution is 2.34. The number of benzene rings is 2. The quantitative estimate of drug-likeness (QED) is 0.162. The third-order valence-electron chi connectivity index (χ3n) is 6.32. The van der Waals surface area contributed by atoms with E-state index in [0.717, 1.165) is 42.3 Å². The van der Waals surface area contributed by atoms with Crippen molar-refractivity contribution in [2.24, 2.45) is 0 Å². The second-order valence-corrected chi connectivity index (χ2v) is 11.4. The predicted octanol–water partition coefficient (Wildman–Crippen LogP) is 7.89. The van der Waals surface area contributed by atoms with Crippen LogP contribution in [0.3, 0.4) is 0 Å². The van der Waals surface area contributed by atoms with E-state index < -0.39 is 23.9 Å². The number of carboxylic acids is 1. The maximum Gasteiger partial charge on any atom is 0.490 e. The Labute approximate surface area is 261 Å². The number of carboxylic acid groups (broad SMARTS) is 1. The summed E-state index contributed by atoms with van der Waals surface area (Å²) < 4.78 is 70.7. The van der Waals surface area contributed by atoms with Gasteiger partial charge >= 0.3 is 18.3 Å². The summed E-state index contributed by atoms with van der Waals surface area (Å²) in [7, 11) is 0. The van der Waals surface area contributed by atoms with Crippen LogP contribution < -0.4 is 10.6 Å². The van der Waals surface area contributed by atoms with Crippen molar-refractivity contribution in [2.75, 3.05) is 36.8 Å². The van der Waals surface area contributed by atoms with E-state index in [0.29, 0.717) is 50.8 Å². The molecule has 1 aliphatic heterocycles. The van der Waals surface area contributed by atoms with Crippen LogP contribution >= 0.6 is 34.5 Å². The van der Waals surface area contributed by atoms with E-state index in [1.165, 1.54) is 36.3 Å². The van der Waals surface area contributed by atoms with Crippen LogP contribution in [0.5, 0.6) is 0 Å². The molecule has 3 heterocycles. The fourth-order valence-corrected chi connectivity index (χ4v) is 5.65. The lowest BCUT2D eigenvalue weighted by molar-refractivity contribution is -0.192. The highest BCUT2D eigenvalue weighted by Gasteiger charge is 2.38. The number of anilines is 3. The lowest BCUT2D eigenvalue weighted by Crippen LogP contribution is -2.26. The highest BCUT2D eigenvalue weighted by molar-refractivity contribution is 7.18. The van der Waals surface area contributed by atoms with E-state index in [2.05, 4.69) is 25.5 Å². The van der Waals surface area contributed by atoms with Crippen molar-refractivity contribution >= 4 is 68.3 Å². The normalized spacial score (nSPS) is 13.9. The first kappa shape index (κ1) is 33.5. The van der Waals surface area contributed by atoms with E-state index in [1.807, 2.05) is 0 Å². The molecule has 1 saturated heterocycles. The molecule has 5 rings (SSSR count). The summed E-state index contributed by atoms with van der Waals surface area (Å²) in [5.41, 5.74) is 1.02. The standard InChI is InChI=1S/C25H23Cl2F3N6S.C2HF3O2/c26-18-4-3-5-19(27)17(18)14-20-33-21-22(32-16-8-6-15(7-9-16)25(28,29)30)34-24(35-23(21)37-20)31-10-13-36-11-1-2-12-36;3-2(4,5)1(6)7/h3-9H,1-2,10-14H2,(H2,31,32,34,35);(H,6,7). The molecule has 2 aromatic heterocycles. The zero-order chi connectivity index (χ0) is 32.1. The number of nitrogens with zero attached hydrogens (tertiary/aromatic N) is 4. The van der Waals surface area contributed by atoms with Crippen molar-refractivity contribution in [3.8, 4) is 0 Å². The summed E-state index contributed by atoms with van der Waals surface area (Å²) in [4.78, 5) is 25.9. The van der Waals surface area contributed by atoms with E-state index >= 15 is 0 Å². The first-order valence-electron chi connectivity index (χ1n) is 13.0. The molecule has 8 nitrogen and oxygen atoms in total. The smallest absolute Gasteiger partial charge is 0.475 e. The molecule has 236 valence electrons. The number of nitrogens with one attached hydrogen (secondary N) is 2. The third-order valence-corrected chi connectivity index (χ3v) is 7.98. The van der Waals surface area contributed by atoms with Crippen molar-refractivity contribution in [2.45, 2.75) is 31.6 Å². The summed E-state index contributed by atoms with van der Waals surface area (Å²) in [6.07, 6.45) is -6.65. The number of alkyl halides is 6. The Hall–Kier alpha value is -3.40. The minimum absolute atomic E-state index is 0.404. The van der Waals surface area contributed by atoms with Gasteiger partial charge in [0.05, 0.1) is 5.56 Å². The molecule has 0 aliphatic carbocycles. The van der Waals surface area contributed by atoms with Gasteiger partial charge in [0.15, 0.2) is 10.6 Å². The number of aliphatic carboxylic acids is 1. The molecule has 0 unspecified atom stereocenters. The molecule has 0 radical (unpaired) electrons. The lowest BCUT2D eigenvalue weighted by Gasteiger charge is -2.15. The Bertz CT molecular complexity index is 1570. The van der Waals surface area contributed by atoms with Crippen LogP contribution in [0.2, 0.25) is 10.0 Å². The van der Waals surface area contributed by atoms with Crippen molar-refractivity contribution < 1.29 is 36.2 Å². The maximum atomic E-state index is 13.0. The van der Waals surface area contributed by atoms with Gasteiger partial charge in [0.25, 0.3) is 0 Å². The summed E-state index contributed by atoms with van der Waals surface area (Å²) in [6, 6.07) is 10.1. The lowest BCUT2D eigenvalue weighted by atomic mass is 10.1. The molecule has 44 heavy (non-hydrogen) atoms. The number of hydrogen-bond donors (Lipinski definition) is 3. The van der Waals surface area contributed by atoms with Gasteiger partial charge in [-0.05, 0) is 67.9 Å². The Morgan fingerprint density at radius 1 is 0.955 bits per heavy atom. The van der Waals surface area contributed by atoms with Crippen molar-refractivity contribution in [3.05, 3.63) is 68.6 Å². The predicted molar refractivity (Wildman–Crippen MR) is 157 cm³/mol. The number of thiazole rings is 1. The van der Waals surface area contributed by atoms with Gasteiger partial charge in [0, 0.05) is 35.2 Å². The Morgan fingerprint density at radius 3 is 2.14 bits per heavy atom. The van der Waals surface area contributed by atoms with Crippen molar-refractivity contribution in [1.82, 2.24) is 19.9 Å². The topological polar surface area (TPSA) is 103 Å². The molecule has 3 N–H and O–H groups in total. The first-order valence-corrected chi connectivity index (χ1v) is 14.6. The zero-order valence-corrected chi connectivity index (χ0v) is 24.9. The molecule has 2 aromatic carbocycles. The van der Waals surface area contributed by atoms with Crippen LogP contribution in [0.25, 0.3) is 10.3 Å². The van der Waals surface area contributed by atoms with Gasteiger partial charge in [-0.1, -0.05) is 40.6 Å². The second kappa shape index (κ2) is 14.1. The number of carbonyl (C=O) groups is 1. The Balaban J connectivity index is 0.000000566. The molecular weight excluding hydrogens is 657 g/mol. The average Bonchev–Trinajstić information content (AvgIpc) is 3.60. The van der Waals surface area contributed by atoms with Gasteiger partial charge in [0.1, 0.15) is 10.5 Å². The number of rotatable bonds is 8. The van der Waals surface area contributed by atoms with Crippen LogP contribution in [-0.4, -0.2) is 63.3 Å². The second-order valence-electron chi connectivity index (χ2n) is 9.51. The number of halogens is 8. The summed E-state index contributed by atoms with van der Waals surface area (Å²) in [6.45, 7) is 3.73. The molecule has 0 bridgehead atoms. The monoisotopic (exact) mass is 680 g/mol. The van der Waals surface area contributed by atoms with Gasteiger partial charge in [-0.3, -0.25) is 0 Å². The molecule has 1 fully saturated rings. The Morgan fingerprint density at radius 2 is 1.57 bits per heavy atom. The van der Waals surface area contributed by atoms with Gasteiger partial charge in [-0.25, -0.2) is 14.8 Å². The van der Waals surface area contributed by atoms with Gasteiger partial charge < -0.3 is 20.6 Å². The van der Waals surface area contributed by atoms with Crippen LogP contribution in [0.4, 0.5) is 43.8 Å². The van der Waals surface area contributed by atoms with E-state index in [1.54, 1.807) is 18.2 Å². The summed E-state index contributed by atoms with van der Waals surface area (Å²) in [5.74, 6) is -1.93. The van der Waals surface area contributed by atoms with Gasteiger partial charge in [-0.15, -0.1) is 0 Å². The van der Waals surface area contributed by atoms with Crippen molar-refractivity contribution in [3.63, 3.8) is 0 Å². The average molecular weight is 681 g/mol. The van der Waals surface area contributed by atoms with Gasteiger partial charge in [-0.2, -0.15) is 31.3 Å². The summed E-state index contributed by atoms with van der Waals surface area (Å²) in [5, 5.41) is 15.4. The Kier molecular flexibility index (Phi) is 10.8. The fraction of sp³-hybridized carbons (Fsp3) is 0.333. The van der Waals surface area contributed by atoms with Crippen LogP contribution in [0.1, 0.15) is 29.0 Å². The molecule has 0 amide bonds. The first-order chi connectivity index (χ1) is 20.7. The van der Waals surface area contributed by atoms with Crippen LogP contribution in [0, 0.1) is 0 Å². The molecule has 0 saturated carbocycles. The van der Waals surface area contributed by atoms with Crippen molar-refractivity contribution in [1.29, 1.82) is 0 Å². The molecule has 17 heteroatoms. The SMILES string of the molecule is FC(F)(F)c1ccc(Nc2nc(NCCN3CCCC3)nc3sc(Cc4c(Cl)cccc4Cl)nc23)cc1.O=C(O)C(F)(F)F. The molecular formula is C27H24Cl2F6N6O2S. The number of fused-ring (bicyclic) bond motifs is 1. The minimum atomic E-state index is -5.08. The number of hydrogen-bond acceptors (Lipinski definition) is 8. The molecule has 0 atom stereocenters. The fourth-order valence-electron chi connectivity index (χ4n) is 4.17. The number of likely N-dealkylation sites (tertiary alicyclic amines) is 1. The van der Waals surface area contributed by atoms with E-state index in [4.69, 9.17) is 38.1 Å². The van der Waals surface area contributed by atoms with Crippen LogP contribution in [0.15, 0.2) is 42.5 Å². The largest absolute Gasteiger partial charge is 0.490 e. The summed E-state index contributed by atoms with van der Waals surface area (Å²) >= 11 is 14.1. The van der Waals surface area contributed by atoms with Gasteiger partial charge in [0.2, 0.25) is 5.95 Å². The zero-order valence-electron chi connectivity index (χ0n) is 22.6. The molecule has 4 aromatic rings.